The number of hydrogen-bond acceptors (Lipinski definition) is 2. The highest BCUT2D eigenvalue weighted by molar-refractivity contribution is 4.97. The van der Waals surface area contributed by atoms with Crippen LogP contribution in [0.5, 0.6) is 0 Å². The molecule has 0 aliphatic carbocycles. The summed E-state index contributed by atoms with van der Waals surface area (Å²) in [6.07, 6.45) is 8.87. The zero-order valence-electron chi connectivity index (χ0n) is 9.58. The Labute approximate surface area is 92.2 Å². The second-order valence-corrected chi connectivity index (χ2v) is 3.80. The molecule has 15 heavy (non-hydrogen) atoms. The molecule has 0 atom stereocenters. The fraction of sp³-hybridized carbons (Fsp3) is 0.583. The Balaban J connectivity index is 1.95. The normalized spacial score (nSPS) is 10.5. The Kier molecular flexibility index (Phi) is 5.78. The minimum Gasteiger partial charge on any atom is -0.311 e. The van der Waals surface area contributed by atoms with Gasteiger partial charge in [0.05, 0.1) is 5.69 Å². The Bertz CT molecular complexity index is 278. The van der Waals surface area contributed by atoms with Crippen LogP contribution >= 0.6 is 0 Å². The quantitative estimate of drug-likeness (QED) is 0.523. The average Bonchev–Trinajstić information content (AvgIpc) is 2.63. The molecule has 0 saturated heterocycles. The molecule has 3 heteroatoms. The zero-order chi connectivity index (χ0) is 10.9. The number of rotatable bonds is 8. The predicted molar refractivity (Wildman–Crippen MR) is 63.6 cm³/mol. The first-order chi connectivity index (χ1) is 7.33. The van der Waals surface area contributed by atoms with E-state index in [1.807, 2.05) is 30.1 Å². The molecule has 1 aromatic rings. The number of allylic oxidation sites excluding steroid dienone is 1. The smallest absolute Gasteiger partial charge is 0.0762 e. The first kappa shape index (κ1) is 12.0. The molecule has 1 aromatic heterocycles. The van der Waals surface area contributed by atoms with E-state index in [0.717, 1.165) is 25.2 Å². The highest BCUT2D eigenvalue weighted by atomic mass is 15.3. The van der Waals surface area contributed by atoms with Crippen molar-refractivity contribution >= 4 is 0 Å². The summed E-state index contributed by atoms with van der Waals surface area (Å²) < 4.78 is 1.83. The molecule has 1 heterocycles. The minimum atomic E-state index is 0.877. The third kappa shape index (κ3) is 5.37. The van der Waals surface area contributed by atoms with Crippen molar-refractivity contribution in [3.63, 3.8) is 0 Å². The Morgan fingerprint density at radius 1 is 1.47 bits per heavy atom. The van der Waals surface area contributed by atoms with Crippen molar-refractivity contribution in [2.24, 2.45) is 7.05 Å². The van der Waals surface area contributed by atoms with Gasteiger partial charge in [-0.1, -0.05) is 12.5 Å². The summed E-state index contributed by atoms with van der Waals surface area (Å²) >= 11 is 0. The van der Waals surface area contributed by atoms with Gasteiger partial charge in [-0.25, -0.2) is 0 Å². The van der Waals surface area contributed by atoms with Crippen LogP contribution in [0.15, 0.2) is 24.9 Å². The van der Waals surface area contributed by atoms with Gasteiger partial charge in [0.1, 0.15) is 0 Å². The number of aryl methyl sites for hydroxylation is 1. The minimum absolute atomic E-state index is 0.877. The van der Waals surface area contributed by atoms with Gasteiger partial charge in [0.15, 0.2) is 0 Å². The number of nitrogens with one attached hydrogen (secondary N) is 1. The molecule has 0 spiro atoms. The molecular formula is C12H21N3. The summed E-state index contributed by atoms with van der Waals surface area (Å²) in [6.45, 7) is 5.66. The monoisotopic (exact) mass is 207 g/mol. The van der Waals surface area contributed by atoms with Gasteiger partial charge in [-0.3, -0.25) is 4.68 Å². The van der Waals surface area contributed by atoms with Crippen LogP contribution in [0.3, 0.4) is 0 Å². The summed E-state index contributed by atoms with van der Waals surface area (Å²) in [4.78, 5) is 0. The van der Waals surface area contributed by atoms with Crippen molar-refractivity contribution in [1.82, 2.24) is 15.1 Å². The van der Waals surface area contributed by atoms with Crippen molar-refractivity contribution in [3.8, 4) is 0 Å². The van der Waals surface area contributed by atoms with Gasteiger partial charge in [0.2, 0.25) is 0 Å². The van der Waals surface area contributed by atoms with Gasteiger partial charge in [0.25, 0.3) is 0 Å². The molecule has 0 saturated carbocycles. The number of aromatic nitrogens is 2. The summed E-state index contributed by atoms with van der Waals surface area (Å²) in [6, 6.07) is 2.05. The topological polar surface area (TPSA) is 29.9 Å². The molecule has 0 aliphatic heterocycles. The van der Waals surface area contributed by atoms with Gasteiger partial charge in [-0.2, -0.15) is 5.10 Å². The van der Waals surface area contributed by atoms with Crippen molar-refractivity contribution in [3.05, 3.63) is 30.6 Å². The molecule has 0 aliphatic rings. The molecule has 3 nitrogen and oxygen atoms in total. The molecule has 1 N–H and O–H groups in total. The average molecular weight is 207 g/mol. The van der Waals surface area contributed by atoms with E-state index in [9.17, 15) is 0 Å². The Morgan fingerprint density at radius 3 is 3.00 bits per heavy atom. The number of hydrogen-bond donors (Lipinski definition) is 1. The van der Waals surface area contributed by atoms with Crippen LogP contribution in [0.25, 0.3) is 0 Å². The summed E-state index contributed by atoms with van der Waals surface area (Å²) in [5.74, 6) is 0. The molecule has 0 bridgehead atoms. The zero-order valence-corrected chi connectivity index (χ0v) is 9.58. The Morgan fingerprint density at radius 2 is 2.33 bits per heavy atom. The lowest BCUT2D eigenvalue weighted by molar-refractivity contribution is 0.595. The highest BCUT2D eigenvalue weighted by Crippen LogP contribution is 1.99. The van der Waals surface area contributed by atoms with Crippen LogP contribution in [0.4, 0.5) is 0 Å². The largest absolute Gasteiger partial charge is 0.311 e. The second-order valence-electron chi connectivity index (χ2n) is 3.80. The van der Waals surface area contributed by atoms with Gasteiger partial charge in [-0.05, 0) is 31.9 Å². The Hall–Kier alpha value is -1.09. The van der Waals surface area contributed by atoms with Gasteiger partial charge < -0.3 is 5.32 Å². The molecule has 84 valence electrons. The van der Waals surface area contributed by atoms with Crippen molar-refractivity contribution < 1.29 is 0 Å². The lowest BCUT2D eigenvalue weighted by Gasteiger charge is -2.01. The van der Waals surface area contributed by atoms with E-state index in [1.165, 1.54) is 19.3 Å². The molecule has 0 aromatic carbocycles. The molecule has 0 fully saturated rings. The van der Waals surface area contributed by atoms with Crippen LogP contribution < -0.4 is 5.32 Å². The third-order valence-electron chi connectivity index (χ3n) is 2.34. The molecule has 0 radical (unpaired) electrons. The van der Waals surface area contributed by atoms with E-state index in [0.29, 0.717) is 0 Å². The lowest BCUT2D eigenvalue weighted by atomic mass is 10.2. The van der Waals surface area contributed by atoms with Crippen molar-refractivity contribution in [2.75, 3.05) is 6.54 Å². The van der Waals surface area contributed by atoms with Crippen molar-refractivity contribution in [1.29, 1.82) is 0 Å². The predicted octanol–water partition coefficient (Wildman–Crippen LogP) is 2.26. The van der Waals surface area contributed by atoms with Gasteiger partial charge in [0, 0.05) is 19.8 Å². The van der Waals surface area contributed by atoms with Crippen molar-refractivity contribution in [2.45, 2.75) is 32.2 Å². The van der Waals surface area contributed by atoms with Crippen LogP contribution in [-0.4, -0.2) is 16.3 Å². The van der Waals surface area contributed by atoms with Crippen LogP contribution in [0.1, 0.15) is 31.4 Å². The van der Waals surface area contributed by atoms with Crippen LogP contribution in [0, 0.1) is 0 Å². The van der Waals surface area contributed by atoms with Crippen LogP contribution in [-0.2, 0) is 13.6 Å². The van der Waals surface area contributed by atoms with E-state index in [4.69, 9.17) is 0 Å². The highest BCUT2D eigenvalue weighted by Gasteiger charge is 1.95. The maximum Gasteiger partial charge on any atom is 0.0762 e. The van der Waals surface area contributed by atoms with E-state index in [-0.39, 0.29) is 0 Å². The summed E-state index contributed by atoms with van der Waals surface area (Å²) in [5.41, 5.74) is 1.11. The van der Waals surface area contributed by atoms with E-state index >= 15 is 0 Å². The summed E-state index contributed by atoms with van der Waals surface area (Å²) in [5, 5.41) is 7.69. The fourth-order valence-electron chi connectivity index (χ4n) is 1.49. The SMILES string of the molecule is C=CCCCCCNCc1ccn(C)n1. The number of unbranched alkanes of at least 4 members (excludes halogenated alkanes) is 3. The maximum absolute atomic E-state index is 4.30. The first-order valence-corrected chi connectivity index (χ1v) is 5.63. The number of nitrogens with zero attached hydrogens (tertiary/aromatic N) is 2. The first-order valence-electron chi connectivity index (χ1n) is 5.63. The van der Waals surface area contributed by atoms with Crippen LogP contribution in [0.2, 0.25) is 0 Å². The standard InChI is InChI=1S/C12H21N3/c1-3-4-5-6-7-9-13-11-12-8-10-15(2)14-12/h3,8,10,13H,1,4-7,9,11H2,2H3. The van der Waals surface area contributed by atoms with E-state index in [1.54, 1.807) is 0 Å². The van der Waals surface area contributed by atoms with E-state index < -0.39 is 0 Å². The third-order valence-corrected chi connectivity index (χ3v) is 2.34. The van der Waals surface area contributed by atoms with Gasteiger partial charge >= 0.3 is 0 Å². The molecule has 1 rings (SSSR count). The van der Waals surface area contributed by atoms with E-state index in [2.05, 4.69) is 17.0 Å². The fourth-order valence-corrected chi connectivity index (χ4v) is 1.49. The maximum atomic E-state index is 4.30. The second kappa shape index (κ2) is 7.23. The van der Waals surface area contributed by atoms with Gasteiger partial charge in [-0.15, -0.1) is 6.58 Å². The molecular weight excluding hydrogens is 186 g/mol. The molecule has 0 unspecified atom stereocenters. The lowest BCUT2D eigenvalue weighted by Crippen LogP contribution is -2.15. The summed E-state index contributed by atoms with van der Waals surface area (Å²) in [7, 11) is 1.94. The molecule has 0 amide bonds.